The maximum absolute atomic E-state index is 12.1. The summed E-state index contributed by atoms with van der Waals surface area (Å²) in [6, 6.07) is 0.433. The molecule has 2 amide bonds. The van der Waals surface area contributed by atoms with Gasteiger partial charge in [0.1, 0.15) is 0 Å². The van der Waals surface area contributed by atoms with Gasteiger partial charge in [-0.3, -0.25) is 9.59 Å². The van der Waals surface area contributed by atoms with Crippen LogP contribution in [0.3, 0.4) is 0 Å². The molecule has 0 spiro atoms. The summed E-state index contributed by atoms with van der Waals surface area (Å²) >= 11 is 0. The molecule has 0 radical (unpaired) electrons. The highest BCUT2D eigenvalue weighted by molar-refractivity contribution is 5.79. The van der Waals surface area contributed by atoms with Gasteiger partial charge in [0.25, 0.3) is 11.8 Å². The molecule has 1 rings (SSSR count). The molecule has 1 aliphatic rings. The van der Waals surface area contributed by atoms with E-state index in [0.717, 1.165) is 11.3 Å². The summed E-state index contributed by atoms with van der Waals surface area (Å²) in [5.41, 5.74) is 0. The molecule has 5 heteroatoms. The quantitative estimate of drug-likeness (QED) is 0.645. The first-order valence-corrected chi connectivity index (χ1v) is 8.19. The maximum Gasteiger partial charge on any atom is 0.275 e. The van der Waals surface area contributed by atoms with Crippen LogP contribution in [0.1, 0.15) is 47.0 Å². The van der Waals surface area contributed by atoms with E-state index in [4.69, 9.17) is 0 Å². The Hall–Kier alpha value is -1.10. The molecule has 1 aliphatic carbocycles. The van der Waals surface area contributed by atoms with Crippen LogP contribution in [-0.2, 0) is 9.59 Å². The zero-order valence-electron chi connectivity index (χ0n) is 14.2. The smallest absolute Gasteiger partial charge is 0.275 e. The lowest BCUT2D eigenvalue weighted by molar-refractivity contribution is -0.862. The first-order valence-electron chi connectivity index (χ1n) is 8.19. The van der Waals surface area contributed by atoms with Crippen molar-refractivity contribution in [2.24, 2.45) is 11.8 Å². The second-order valence-electron chi connectivity index (χ2n) is 6.97. The van der Waals surface area contributed by atoms with Crippen molar-refractivity contribution in [1.82, 2.24) is 10.6 Å². The van der Waals surface area contributed by atoms with Crippen LogP contribution >= 0.6 is 0 Å². The van der Waals surface area contributed by atoms with Crippen molar-refractivity contribution in [3.63, 3.8) is 0 Å². The molecular formula is C16H32N3O2+. The largest absolute Gasteiger partial charge is 0.349 e. The molecule has 0 heterocycles. The van der Waals surface area contributed by atoms with Crippen molar-refractivity contribution in [2.45, 2.75) is 59.0 Å². The van der Waals surface area contributed by atoms with Crippen molar-refractivity contribution in [3.8, 4) is 0 Å². The van der Waals surface area contributed by atoms with E-state index in [9.17, 15) is 9.59 Å². The fourth-order valence-electron chi connectivity index (χ4n) is 3.03. The molecule has 122 valence electrons. The van der Waals surface area contributed by atoms with Crippen LogP contribution in [0.25, 0.3) is 0 Å². The van der Waals surface area contributed by atoms with E-state index in [-0.39, 0.29) is 17.9 Å². The average molecular weight is 298 g/mol. The fraction of sp³-hybridized carbons (Fsp3) is 0.875. The minimum absolute atomic E-state index is 0.00467. The number of likely N-dealkylation sites (N-methyl/N-ethyl adjacent to an activating group) is 1. The summed E-state index contributed by atoms with van der Waals surface area (Å²) in [6.45, 7) is 9.04. The summed E-state index contributed by atoms with van der Waals surface area (Å²) in [7, 11) is 1.88. The van der Waals surface area contributed by atoms with Crippen LogP contribution in [0.4, 0.5) is 0 Å². The summed E-state index contributed by atoms with van der Waals surface area (Å²) < 4.78 is 0. The van der Waals surface area contributed by atoms with Gasteiger partial charge in [-0.1, -0.05) is 26.7 Å². The summed E-state index contributed by atoms with van der Waals surface area (Å²) in [4.78, 5) is 24.7. The molecule has 5 nitrogen and oxygen atoms in total. The SMILES string of the molecule is CC(C)NC(=O)C[NH+](C)CC(=O)N[C@@H]1CCC[C@H](C)[C@H]1C. The monoisotopic (exact) mass is 298 g/mol. The van der Waals surface area contributed by atoms with Gasteiger partial charge in [0.15, 0.2) is 13.1 Å². The molecule has 21 heavy (non-hydrogen) atoms. The number of rotatable bonds is 6. The first-order chi connectivity index (χ1) is 9.79. The highest BCUT2D eigenvalue weighted by Crippen LogP contribution is 2.29. The lowest BCUT2D eigenvalue weighted by Crippen LogP contribution is -3.11. The lowest BCUT2D eigenvalue weighted by Gasteiger charge is -2.34. The molecule has 0 saturated heterocycles. The predicted octanol–water partition coefficient (Wildman–Crippen LogP) is -0.0334. The summed E-state index contributed by atoms with van der Waals surface area (Å²) in [5.74, 6) is 1.25. The van der Waals surface area contributed by atoms with Gasteiger partial charge in [-0.05, 0) is 32.1 Å². The molecule has 1 unspecified atom stereocenters. The van der Waals surface area contributed by atoms with E-state index in [0.29, 0.717) is 31.0 Å². The van der Waals surface area contributed by atoms with E-state index in [2.05, 4.69) is 24.5 Å². The van der Waals surface area contributed by atoms with Gasteiger partial charge in [0, 0.05) is 12.1 Å². The Kier molecular flexibility index (Phi) is 7.15. The van der Waals surface area contributed by atoms with Crippen LogP contribution in [-0.4, -0.2) is 44.0 Å². The van der Waals surface area contributed by atoms with E-state index in [1.165, 1.54) is 12.8 Å². The minimum atomic E-state index is -0.00467. The van der Waals surface area contributed by atoms with Gasteiger partial charge < -0.3 is 15.5 Å². The Morgan fingerprint density at radius 2 is 1.76 bits per heavy atom. The van der Waals surface area contributed by atoms with Crippen LogP contribution in [0.5, 0.6) is 0 Å². The normalized spacial score (nSPS) is 27.2. The standard InChI is InChI=1S/C16H31N3O2/c1-11(2)17-15(20)9-19(5)10-16(21)18-14-8-6-7-12(3)13(14)4/h11-14H,6-10H2,1-5H3,(H,17,20)(H,18,21)/p+1/t12-,13+,14+/m0/s1. The molecular weight excluding hydrogens is 266 g/mol. The predicted molar refractivity (Wildman–Crippen MR) is 84.0 cm³/mol. The number of quaternary nitrogens is 1. The molecule has 1 fully saturated rings. The van der Waals surface area contributed by atoms with Crippen LogP contribution < -0.4 is 15.5 Å². The first kappa shape index (κ1) is 18.0. The van der Waals surface area contributed by atoms with Gasteiger partial charge >= 0.3 is 0 Å². The number of nitrogens with one attached hydrogen (secondary N) is 3. The minimum Gasteiger partial charge on any atom is -0.349 e. The number of carbonyl (C=O) groups is 2. The molecule has 0 aromatic carbocycles. The fourth-order valence-corrected chi connectivity index (χ4v) is 3.03. The lowest BCUT2D eigenvalue weighted by atomic mass is 9.78. The van der Waals surface area contributed by atoms with E-state index in [1.54, 1.807) is 0 Å². The Morgan fingerprint density at radius 1 is 1.14 bits per heavy atom. The van der Waals surface area contributed by atoms with Crippen molar-refractivity contribution in [3.05, 3.63) is 0 Å². The zero-order valence-corrected chi connectivity index (χ0v) is 14.2. The van der Waals surface area contributed by atoms with Crippen LogP contribution in [0.2, 0.25) is 0 Å². The van der Waals surface area contributed by atoms with Crippen molar-refractivity contribution in [2.75, 3.05) is 20.1 Å². The topological polar surface area (TPSA) is 62.6 Å². The highest BCUT2D eigenvalue weighted by Gasteiger charge is 2.28. The zero-order chi connectivity index (χ0) is 16.0. The molecule has 0 aromatic heterocycles. The Labute approximate surface area is 128 Å². The Morgan fingerprint density at radius 3 is 2.38 bits per heavy atom. The Bertz CT molecular complexity index is 357. The summed E-state index contributed by atoms with van der Waals surface area (Å²) in [5, 5.41) is 6.00. The van der Waals surface area contributed by atoms with Crippen molar-refractivity contribution < 1.29 is 14.5 Å². The second-order valence-corrected chi connectivity index (χ2v) is 6.97. The molecule has 1 saturated carbocycles. The number of carbonyl (C=O) groups excluding carboxylic acids is 2. The third-order valence-electron chi connectivity index (χ3n) is 4.43. The van der Waals surface area contributed by atoms with Gasteiger partial charge in [0.05, 0.1) is 7.05 Å². The average Bonchev–Trinajstić information content (AvgIpc) is 2.33. The maximum atomic E-state index is 12.1. The summed E-state index contributed by atoms with van der Waals surface area (Å²) in [6.07, 6.45) is 3.52. The molecule has 0 aliphatic heterocycles. The second kappa shape index (κ2) is 8.37. The van der Waals surface area contributed by atoms with Gasteiger partial charge in [-0.15, -0.1) is 0 Å². The molecule has 0 bridgehead atoms. The van der Waals surface area contributed by atoms with Gasteiger partial charge in [-0.25, -0.2) is 0 Å². The van der Waals surface area contributed by atoms with Crippen LogP contribution in [0, 0.1) is 11.8 Å². The van der Waals surface area contributed by atoms with E-state index >= 15 is 0 Å². The third kappa shape index (κ3) is 6.46. The molecule has 3 N–H and O–H groups in total. The van der Waals surface area contributed by atoms with Crippen molar-refractivity contribution >= 4 is 11.8 Å². The number of amides is 2. The highest BCUT2D eigenvalue weighted by atomic mass is 16.2. The number of hydrogen-bond donors (Lipinski definition) is 3. The van der Waals surface area contributed by atoms with Crippen LogP contribution in [0.15, 0.2) is 0 Å². The van der Waals surface area contributed by atoms with Gasteiger partial charge in [-0.2, -0.15) is 0 Å². The number of hydrogen-bond acceptors (Lipinski definition) is 2. The van der Waals surface area contributed by atoms with E-state index in [1.807, 2.05) is 20.9 Å². The molecule has 0 aromatic rings. The van der Waals surface area contributed by atoms with E-state index < -0.39 is 0 Å². The van der Waals surface area contributed by atoms with Gasteiger partial charge in [0.2, 0.25) is 0 Å². The third-order valence-corrected chi connectivity index (χ3v) is 4.43. The Balaban J connectivity index is 2.34. The molecule has 4 atom stereocenters. The van der Waals surface area contributed by atoms with Crippen molar-refractivity contribution in [1.29, 1.82) is 0 Å².